The summed E-state index contributed by atoms with van der Waals surface area (Å²) in [4.78, 5) is 35.9. The maximum Gasteiger partial charge on any atom is 0.407 e. The molecule has 1 atom stereocenters. The first-order valence-corrected chi connectivity index (χ1v) is 10.5. The SMILES string of the molecule is CC(C)(CNC(=O)C(CC(F)F)NC(=O)OCC1c2ccccc2-c2ccccc21)C(=O)O. The summed E-state index contributed by atoms with van der Waals surface area (Å²) in [5.74, 6) is -2.28. The van der Waals surface area contributed by atoms with Crippen molar-refractivity contribution in [2.24, 2.45) is 5.41 Å². The third kappa shape index (κ3) is 5.66. The lowest BCUT2D eigenvalue weighted by molar-refractivity contribution is -0.146. The molecule has 33 heavy (non-hydrogen) atoms. The standard InChI is InChI=1S/C24H26F2N2O5/c1-24(2,22(30)31)13-27-21(29)19(11-20(25)26)28-23(32)33-12-18-16-9-5-3-7-14(16)15-8-4-6-10-17(15)18/h3-10,18-20H,11-13H2,1-2H3,(H,27,29)(H,28,32)(H,30,31). The topological polar surface area (TPSA) is 105 Å². The number of benzene rings is 2. The van der Waals surface area contributed by atoms with Gasteiger partial charge in [0.25, 0.3) is 0 Å². The average Bonchev–Trinajstić information content (AvgIpc) is 3.09. The van der Waals surface area contributed by atoms with Crippen LogP contribution < -0.4 is 10.6 Å². The molecule has 0 aromatic heterocycles. The van der Waals surface area contributed by atoms with E-state index in [-0.39, 0.29) is 19.1 Å². The van der Waals surface area contributed by atoms with Gasteiger partial charge in [-0.05, 0) is 36.1 Å². The van der Waals surface area contributed by atoms with Crippen molar-refractivity contribution in [3.8, 4) is 11.1 Å². The van der Waals surface area contributed by atoms with Crippen LogP contribution in [0.3, 0.4) is 0 Å². The molecule has 2 aromatic carbocycles. The van der Waals surface area contributed by atoms with Crippen molar-refractivity contribution >= 4 is 18.0 Å². The van der Waals surface area contributed by atoms with Crippen LogP contribution in [0.1, 0.15) is 37.3 Å². The van der Waals surface area contributed by atoms with Crippen LogP contribution in [-0.4, -0.2) is 48.7 Å². The van der Waals surface area contributed by atoms with E-state index >= 15 is 0 Å². The third-order valence-electron chi connectivity index (χ3n) is 5.65. The smallest absolute Gasteiger partial charge is 0.407 e. The van der Waals surface area contributed by atoms with Crippen molar-refractivity contribution < 1.29 is 33.0 Å². The molecule has 1 aliphatic rings. The van der Waals surface area contributed by atoms with Gasteiger partial charge in [0.15, 0.2) is 0 Å². The second kappa shape index (κ2) is 9.97. The lowest BCUT2D eigenvalue weighted by Crippen LogP contribution is -2.50. The summed E-state index contributed by atoms with van der Waals surface area (Å²) in [6.07, 6.45) is -4.79. The molecule has 3 N–H and O–H groups in total. The van der Waals surface area contributed by atoms with E-state index < -0.39 is 42.3 Å². The summed E-state index contributed by atoms with van der Waals surface area (Å²) in [5.41, 5.74) is 2.76. The number of nitrogens with one attached hydrogen (secondary N) is 2. The molecule has 0 spiro atoms. The van der Waals surface area contributed by atoms with Crippen molar-refractivity contribution in [2.45, 2.75) is 38.7 Å². The van der Waals surface area contributed by atoms with Gasteiger partial charge in [0, 0.05) is 18.9 Å². The first kappa shape index (κ1) is 24.2. The van der Waals surface area contributed by atoms with Crippen LogP contribution in [0, 0.1) is 5.41 Å². The Kier molecular flexibility index (Phi) is 7.30. The number of aliphatic carboxylic acids is 1. The fraction of sp³-hybridized carbons (Fsp3) is 0.375. The summed E-state index contributed by atoms with van der Waals surface area (Å²) < 4.78 is 31.3. The van der Waals surface area contributed by atoms with Crippen molar-refractivity contribution in [1.82, 2.24) is 10.6 Å². The first-order chi connectivity index (χ1) is 15.6. The van der Waals surface area contributed by atoms with Crippen LogP contribution in [0.15, 0.2) is 48.5 Å². The molecule has 3 rings (SSSR count). The number of carboxylic acids is 1. The molecular formula is C24H26F2N2O5. The second-order valence-corrected chi connectivity index (χ2v) is 8.56. The highest BCUT2D eigenvalue weighted by atomic mass is 19.3. The lowest BCUT2D eigenvalue weighted by atomic mass is 9.94. The minimum Gasteiger partial charge on any atom is -0.481 e. The molecule has 9 heteroatoms. The van der Waals surface area contributed by atoms with Crippen LogP contribution in [0.4, 0.5) is 13.6 Å². The van der Waals surface area contributed by atoms with Gasteiger partial charge in [0.1, 0.15) is 12.6 Å². The number of alkyl halides is 2. The Morgan fingerprint density at radius 3 is 2.09 bits per heavy atom. The maximum atomic E-state index is 13.0. The number of carbonyl (C=O) groups is 3. The Bertz CT molecular complexity index is 996. The zero-order chi connectivity index (χ0) is 24.2. The Morgan fingerprint density at radius 2 is 1.58 bits per heavy atom. The normalized spacial score (nSPS) is 13.7. The number of hydrogen-bond donors (Lipinski definition) is 3. The predicted molar refractivity (Wildman–Crippen MR) is 117 cm³/mol. The van der Waals surface area contributed by atoms with E-state index in [0.717, 1.165) is 22.3 Å². The number of ether oxygens (including phenoxy) is 1. The van der Waals surface area contributed by atoms with Crippen LogP contribution in [0.25, 0.3) is 11.1 Å². The molecule has 0 saturated carbocycles. The van der Waals surface area contributed by atoms with Gasteiger partial charge in [0.05, 0.1) is 5.41 Å². The number of halogens is 2. The van der Waals surface area contributed by atoms with Crippen molar-refractivity contribution in [3.05, 3.63) is 59.7 Å². The largest absolute Gasteiger partial charge is 0.481 e. The summed E-state index contributed by atoms with van der Waals surface area (Å²) in [5, 5.41) is 13.6. The third-order valence-corrected chi connectivity index (χ3v) is 5.65. The van der Waals surface area contributed by atoms with E-state index in [1.807, 2.05) is 48.5 Å². The van der Waals surface area contributed by atoms with Crippen molar-refractivity contribution in [3.63, 3.8) is 0 Å². The van der Waals surface area contributed by atoms with Gasteiger partial charge in [-0.2, -0.15) is 0 Å². The van der Waals surface area contributed by atoms with Crippen LogP contribution >= 0.6 is 0 Å². The number of rotatable bonds is 9. The van der Waals surface area contributed by atoms with Crippen LogP contribution in [-0.2, 0) is 14.3 Å². The minimum atomic E-state index is -2.86. The van der Waals surface area contributed by atoms with Crippen molar-refractivity contribution in [1.29, 1.82) is 0 Å². The molecule has 1 unspecified atom stereocenters. The minimum absolute atomic E-state index is 0.0328. The van der Waals surface area contributed by atoms with Crippen LogP contribution in [0.5, 0.6) is 0 Å². The molecule has 0 radical (unpaired) electrons. The fourth-order valence-corrected chi connectivity index (χ4v) is 3.70. The molecule has 0 heterocycles. The van der Waals surface area contributed by atoms with Gasteiger partial charge >= 0.3 is 12.1 Å². The number of carbonyl (C=O) groups excluding carboxylic acids is 2. The van der Waals surface area contributed by atoms with Gasteiger partial charge in [-0.15, -0.1) is 0 Å². The van der Waals surface area contributed by atoms with Crippen molar-refractivity contribution in [2.75, 3.05) is 13.2 Å². The number of fused-ring (bicyclic) bond motifs is 3. The first-order valence-electron chi connectivity index (χ1n) is 10.5. The number of hydrogen-bond acceptors (Lipinski definition) is 4. The maximum absolute atomic E-state index is 13.0. The lowest BCUT2D eigenvalue weighted by Gasteiger charge is -2.23. The van der Waals surface area contributed by atoms with E-state index in [2.05, 4.69) is 10.6 Å². The number of amides is 2. The van der Waals surface area contributed by atoms with E-state index in [1.165, 1.54) is 13.8 Å². The highest BCUT2D eigenvalue weighted by Crippen LogP contribution is 2.44. The Morgan fingerprint density at radius 1 is 1.03 bits per heavy atom. The number of alkyl carbamates (subject to hydrolysis) is 1. The second-order valence-electron chi connectivity index (χ2n) is 8.56. The zero-order valence-electron chi connectivity index (χ0n) is 18.3. The molecule has 0 bridgehead atoms. The van der Waals surface area contributed by atoms with Gasteiger partial charge < -0.3 is 20.5 Å². The fourth-order valence-electron chi connectivity index (χ4n) is 3.70. The van der Waals surface area contributed by atoms with Crippen LogP contribution in [0.2, 0.25) is 0 Å². The van der Waals surface area contributed by atoms with E-state index in [0.29, 0.717) is 0 Å². The molecule has 176 valence electrons. The molecule has 0 saturated heterocycles. The van der Waals surface area contributed by atoms with E-state index in [1.54, 1.807) is 0 Å². The zero-order valence-corrected chi connectivity index (χ0v) is 18.3. The molecular weight excluding hydrogens is 434 g/mol. The van der Waals surface area contributed by atoms with E-state index in [4.69, 9.17) is 9.84 Å². The summed E-state index contributed by atoms with van der Waals surface area (Å²) in [6, 6.07) is 13.9. The monoisotopic (exact) mass is 460 g/mol. The highest BCUT2D eigenvalue weighted by molar-refractivity contribution is 5.86. The quantitative estimate of drug-likeness (QED) is 0.528. The number of carboxylic acid groups (broad SMARTS) is 1. The highest BCUT2D eigenvalue weighted by Gasteiger charge is 2.32. The summed E-state index contributed by atoms with van der Waals surface area (Å²) in [7, 11) is 0. The Labute approximate surface area is 190 Å². The summed E-state index contributed by atoms with van der Waals surface area (Å²) in [6.45, 7) is 2.45. The Hall–Kier alpha value is -3.49. The molecule has 2 amide bonds. The molecule has 0 fully saturated rings. The summed E-state index contributed by atoms with van der Waals surface area (Å²) >= 11 is 0. The molecule has 7 nitrogen and oxygen atoms in total. The van der Waals surface area contributed by atoms with E-state index in [9.17, 15) is 23.2 Å². The Balaban J connectivity index is 1.64. The van der Waals surface area contributed by atoms with Gasteiger partial charge in [-0.1, -0.05) is 48.5 Å². The average molecular weight is 460 g/mol. The van der Waals surface area contributed by atoms with Gasteiger partial charge in [-0.25, -0.2) is 13.6 Å². The predicted octanol–water partition coefficient (Wildman–Crippen LogP) is 3.78. The molecule has 0 aliphatic heterocycles. The molecule has 1 aliphatic carbocycles. The molecule has 2 aromatic rings. The van der Waals surface area contributed by atoms with Gasteiger partial charge in [-0.3, -0.25) is 9.59 Å². The van der Waals surface area contributed by atoms with Gasteiger partial charge in [0.2, 0.25) is 12.3 Å².